The lowest BCUT2D eigenvalue weighted by Crippen LogP contribution is -2.28. The second kappa shape index (κ2) is 10.1. The Labute approximate surface area is 107 Å². The van der Waals surface area contributed by atoms with Crippen molar-refractivity contribution in [2.75, 3.05) is 12.3 Å². The predicted octanol–water partition coefficient (Wildman–Crippen LogP) is 4.58. The molecule has 0 saturated heterocycles. The molecule has 1 N–H and O–H groups in total. The minimum atomic E-state index is -4.09. The third-order valence-corrected chi connectivity index (χ3v) is 3.34. The maximum Gasteiger partial charge on any atom is 0.441 e. The van der Waals surface area contributed by atoms with E-state index in [4.69, 9.17) is 0 Å². The van der Waals surface area contributed by atoms with Crippen LogP contribution in [0, 0.1) is 0 Å². The average molecular weight is 271 g/mol. The Kier molecular flexibility index (Phi) is 10.1. The fourth-order valence-corrected chi connectivity index (χ4v) is 2.08. The number of nitrogens with one attached hydrogen (secondary N) is 1. The first kappa shape index (κ1) is 17.1. The van der Waals surface area contributed by atoms with Gasteiger partial charge in [0.15, 0.2) is 0 Å². The molecule has 0 saturated carbocycles. The molecule has 0 spiro atoms. The average Bonchev–Trinajstić information content (AvgIpc) is 2.23. The third-order valence-electron chi connectivity index (χ3n) is 2.60. The summed E-state index contributed by atoms with van der Waals surface area (Å²) in [6, 6.07) is 0.325. The molecule has 1 nitrogen and oxygen atoms in total. The molecule has 1 unspecified atom stereocenters. The fraction of sp³-hybridized carbons (Fsp3) is 1.00. The van der Waals surface area contributed by atoms with Crippen molar-refractivity contribution in [1.82, 2.24) is 5.32 Å². The standard InChI is InChI=1S/C12H24F3NS/c1-3-4-5-6-7-8-11(2)16-9-10-17-12(13,14)15/h11,16H,3-10H2,1-2H3. The minimum Gasteiger partial charge on any atom is -0.313 e. The van der Waals surface area contributed by atoms with E-state index in [-0.39, 0.29) is 17.5 Å². The first-order chi connectivity index (χ1) is 7.95. The molecule has 0 aliphatic heterocycles. The first-order valence-electron chi connectivity index (χ1n) is 6.39. The van der Waals surface area contributed by atoms with Crippen LogP contribution in [0.15, 0.2) is 0 Å². The summed E-state index contributed by atoms with van der Waals surface area (Å²) in [5.41, 5.74) is -4.09. The van der Waals surface area contributed by atoms with Crippen LogP contribution in [0.25, 0.3) is 0 Å². The molecule has 104 valence electrons. The molecule has 0 rings (SSSR count). The van der Waals surface area contributed by atoms with Gasteiger partial charge in [-0.25, -0.2) is 0 Å². The van der Waals surface area contributed by atoms with Gasteiger partial charge in [0.25, 0.3) is 0 Å². The van der Waals surface area contributed by atoms with Crippen molar-refractivity contribution in [3.05, 3.63) is 0 Å². The Bertz CT molecular complexity index is 174. The van der Waals surface area contributed by atoms with Crippen LogP contribution in [0.1, 0.15) is 52.4 Å². The highest BCUT2D eigenvalue weighted by molar-refractivity contribution is 8.00. The Morgan fingerprint density at radius 2 is 1.76 bits per heavy atom. The van der Waals surface area contributed by atoms with Gasteiger partial charge < -0.3 is 5.32 Å². The van der Waals surface area contributed by atoms with E-state index in [0.717, 1.165) is 6.42 Å². The van der Waals surface area contributed by atoms with Crippen molar-refractivity contribution in [2.24, 2.45) is 0 Å². The lowest BCUT2D eigenvalue weighted by atomic mass is 10.1. The molecule has 17 heavy (non-hydrogen) atoms. The van der Waals surface area contributed by atoms with Gasteiger partial charge >= 0.3 is 5.51 Å². The molecule has 0 radical (unpaired) electrons. The molecule has 0 aromatic rings. The van der Waals surface area contributed by atoms with E-state index in [1.807, 2.05) is 6.92 Å². The predicted molar refractivity (Wildman–Crippen MR) is 69.4 cm³/mol. The van der Waals surface area contributed by atoms with Crippen molar-refractivity contribution in [3.63, 3.8) is 0 Å². The number of thioether (sulfide) groups is 1. The number of hydrogen-bond acceptors (Lipinski definition) is 2. The molecule has 0 aromatic heterocycles. The van der Waals surface area contributed by atoms with Crippen molar-refractivity contribution >= 4 is 11.8 Å². The molecule has 0 bridgehead atoms. The summed E-state index contributed by atoms with van der Waals surface area (Å²) in [5, 5.41) is 3.13. The zero-order valence-corrected chi connectivity index (χ0v) is 11.6. The van der Waals surface area contributed by atoms with E-state index in [2.05, 4.69) is 12.2 Å². The summed E-state index contributed by atoms with van der Waals surface area (Å²) >= 11 is 0.0480. The molecule has 0 aliphatic carbocycles. The zero-order chi connectivity index (χ0) is 13.1. The van der Waals surface area contributed by atoms with Gasteiger partial charge in [-0.3, -0.25) is 0 Å². The lowest BCUT2D eigenvalue weighted by molar-refractivity contribution is -0.0327. The van der Waals surface area contributed by atoms with Gasteiger partial charge in [0, 0.05) is 18.3 Å². The zero-order valence-electron chi connectivity index (χ0n) is 10.8. The second-order valence-corrected chi connectivity index (χ2v) is 5.51. The Hall–Kier alpha value is 0.100. The van der Waals surface area contributed by atoms with E-state index in [1.165, 1.54) is 32.1 Å². The maximum atomic E-state index is 11.8. The van der Waals surface area contributed by atoms with Gasteiger partial charge in [0.2, 0.25) is 0 Å². The molecule has 0 amide bonds. The summed E-state index contributed by atoms with van der Waals surface area (Å²) in [5.74, 6) is 0.101. The first-order valence-corrected chi connectivity index (χ1v) is 7.38. The van der Waals surface area contributed by atoms with Gasteiger partial charge in [-0.1, -0.05) is 39.0 Å². The number of unbranched alkanes of at least 4 members (excludes halogenated alkanes) is 4. The molecule has 0 aliphatic rings. The topological polar surface area (TPSA) is 12.0 Å². The van der Waals surface area contributed by atoms with Crippen molar-refractivity contribution in [1.29, 1.82) is 0 Å². The molecule has 0 fully saturated rings. The number of alkyl halides is 3. The van der Waals surface area contributed by atoms with Crippen molar-refractivity contribution in [3.8, 4) is 0 Å². The number of rotatable bonds is 10. The lowest BCUT2D eigenvalue weighted by Gasteiger charge is -2.13. The summed E-state index contributed by atoms with van der Waals surface area (Å²) in [4.78, 5) is 0. The van der Waals surface area contributed by atoms with Gasteiger partial charge in [-0.2, -0.15) is 13.2 Å². The molecule has 1 atom stereocenters. The smallest absolute Gasteiger partial charge is 0.313 e. The van der Waals surface area contributed by atoms with Crippen LogP contribution in [0.3, 0.4) is 0 Å². The molecular weight excluding hydrogens is 247 g/mol. The molecule has 0 aromatic carbocycles. The normalized spacial score (nSPS) is 13.9. The third kappa shape index (κ3) is 14.0. The van der Waals surface area contributed by atoms with E-state index in [0.29, 0.717) is 12.6 Å². The summed E-state index contributed by atoms with van der Waals surface area (Å²) in [7, 11) is 0. The van der Waals surface area contributed by atoms with Crippen LogP contribution >= 0.6 is 11.8 Å². The van der Waals surface area contributed by atoms with Gasteiger partial charge in [-0.15, -0.1) is 0 Å². The molecule has 5 heteroatoms. The monoisotopic (exact) mass is 271 g/mol. The Morgan fingerprint density at radius 1 is 1.12 bits per heavy atom. The van der Waals surface area contributed by atoms with Crippen LogP contribution in [0.4, 0.5) is 13.2 Å². The Balaban J connectivity index is 3.26. The molecular formula is C12H24F3NS. The van der Waals surface area contributed by atoms with Gasteiger partial charge in [-0.05, 0) is 25.1 Å². The van der Waals surface area contributed by atoms with E-state index in [1.54, 1.807) is 0 Å². The summed E-state index contributed by atoms with van der Waals surface area (Å²) < 4.78 is 35.5. The van der Waals surface area contributed by atoms with Crippen molar-refractivity contribution in [2.45, 2.75) is 63.9 Å². The Morgan fingerprint density at radius 3 is 2.35 bits per heavy atom. The second-order valence-electron chi connectivity index (χ2n) is 4.35. The van der Waals surface area contributed by atoms with Gasteiger partial charge in [0.05, 0.1) is 0 Å². The number of hydrogen-bond donors (Lipinski definition) is 1. The molecule has 0 heterocycles. The van der Waals surface area contributed by atoms with E-state index in [9.17, 15) is 13.2 Å². The van der Waals surface area contributed by atoms with E-state index < -0.39 is 5.51 Å². The van der Waals surface area contributed by atoms with Gasteiger partial charge in [0.1, 0.15) is 0 Å². The van der Waals surface area contributed by atoms with Crippen LogP contribution < -0.4 is 5.32 Å². The van der Waals surface area contributed by atoms with Crippen LogP contribution in [0.2, 0.25) is 0 Å². The summed E-state index contributed by atoms with van der Waals surface area (Å²) in [6.45, 7) is 4.65. The van der Waals surface area contributed by atoms with Crippen LogP contribution in [0.5, 0.6) is 0 Å². The quantitative estimate of drug-likeness (QED) is 0.584. The van der Waals surface area contributed by atoms with E-state index >= 15 is 0 Å². The SMILES string of the molecule is CCCCCCCC(C)NCCSC(F)(F)F. The van der Waals surface area contributed by atoms with Crippen molar-refractivity contribution < 1.29 is 13.2 Å². The highest BCUT2D eigenvalue weighted by atomic mass is 32.2. The number of halogens is 3. The minimum absolute atomic E-state index is 0.0480. The van der Waals surface area contributed by atoms with Crippen LogP contribution in [-0.2, 0) is 0 Å². The highest BCUT2D eigenvalue weighted by Crippen LogP contribution is 2.29. The summed E-state index contributed by atoms with van der Waals surface area (Å²) in [6.07, 6.45) is 7.25. The maximum absolute atomic E-state index is 11.8. The van der Waals surface area contributed by atoms with Crippen LogP contribution in [-0.4, -0.2) is 23.8 Å². The largest absolute Gasteiger partial charge is 0.441 e. The fourth-order valence-electron chi connectivity index (χ4n) is 1.63. The highest BCUT2D eigenvalue weighted by Gasteiger charge is 2.27.